The Morgan fingerprint density at radius 2 is 2.50 bits per heavy atom. The number of carbonyl (C=O) groups excluding carboxylic acids is 1. The highest BCUT2D eigenvalue weighted by molar-refractivity contribution is 7.13. The Morgan fingerprint density at radius 1 is 1.83 bits per heavy atom. The predicted octanol–water partition coefficient (Wildman–Crippen LogP) is 0.453. The van der Waals surface area contributed by atoms with E-state index in [9.17, 15) is 4.79 Å². The maximum absolute atomic E-state index is 11.3. The zero-order chi connectivity index (χ0) is 9.14. The number of aromatic nitrogens is 1. The average molecular weight is 185 g/mol. The molecule has 5 heteroatoms. The maximum Gasteiger partial charge on any atom is 0.245 e. The summed E-state index contributed by atoms with van der Waals surface area (Å²) < 4.78 is 0. The molecule has 4 nitrogen and oxygen atoms in total. The summed E-state index contributed by atoms with van der Waals surface area (Å²) in [6.07, 6.45) is 1.66. The summed E-state index contributed by atoms with van der Waals surface area (Å²) in [7, 11) is 1.67. The zero-order valence-corrected chi connectivity index (χ0v) is 7.84. The second-order valence-electron chi connectivity index (χ2n) is 2.50. The van der Waals surface area contributed by atoms with Gasteiger partial charge in [0.15, 0.2) is 5.13 Å². The van der Waals surface area contributed by atoms with Gasteiger partial charge in [0.25, 0.3) is 0 Å². The number of likely N-dealkylation sites (N-methyl/N-ethyl adjacent to an activating group) is 1. The van der Waals surface area contributed by atoms with Gasteiger partial charge in [-0.1, -0.05) is 0 Å². The smallest absolute Gasteiger partial charge is 0.245 e. The molecule has 12 heavy (non-hydrogen) atoms. The van der Waals surface area contributed by atoms with Crippen LogP contribution in [0.25, 0.3) is 0 Å². The zero-order valence-electron chi connectivity index (χ0n) is 7.02. The van der Waals surface area contributed by atoms with Crippen LogP contribution >= 0.6 is 11.3 Å². The van der Waals surface area contributed by atoms with Gasteiger partial charge < -0.3 is 5.73 Å². The number of hydrogen-bond donors (Lipinski definition) is 1. The van der Waals surface area contributed by atoms with Crippen molar-refractivity contribution in [3.63, 3.8) is 0 Å². The van der Waals surface area contributed by atoms with E-state index in [-0.39, 0.29) is 5.91 Å². The van der Waals surface area contributed by atoms with Crippen molar-refractivity contribution in [2.75, 3.05) is 11.9 Å². The molecule has 2 N–H and O–H groups in total. The average Bonchev–Trinajstić information content (AvgIpc) is 2.53. The minimum atomic E-state index is -0.473. The monoisotopic (exact) mass is 185 g/mol. The molecule has 1 heterocycles. The van der Waals surface area contributed by atoms with Gasteiger partial charge in [-0.3, -0.25) is 9.69 Å². The Balaban J connectivity index is 2.72. The van der Waals surface area contributed by atoms with E-state index in [0.717, 1.165) is 0 Å². The highest BCUT2D eigenvalue weighted by Gasteiger charge is 2.16. The Kier molecular flexibility index (Phi) is 2.78. The standard InChI is InChI=1S/C7H11N3OS/c1-5(8)6(11)10(2)7-9-3-4-12-7/h3-5H,8H2,1-2H3/t5-/m0/s1. The van der Waals surface area contributed by atoms with Crippen LogP contribution in [0, 0.1) is 0 Å². The van der Waals surface area contributed by atoms with Gasteiger partial charge in [0.05, 0.1) is 6.04 Å². The van der Waals surface area contributed by atoms with Crippen LogP contribution in [0.5, 0.6) is 0 Å². The van der Waals surface area contributed by atoms with Crippen LogP contribution in [-0.4, -0.2) is 24.0 Å². The first-order valence-corrected chi connectivity index (χ1v) is 4.43. The summed E-state index contributed by atoms with van der Waals surface area (Å²) in [5.74, 6) is -0.120. The first kappa shape index (κ1) is 9.15. The van der Waals surface area contributed by atoms with Crippen molar-refractivity contribution < 1.29 is 4.79 Å². The van der Waals surface area contributed by atoms with Crippen molar-refractivity contribution in [3.05, 3.63) is 11.6 Å². The molecule has 0 radical (unpaired) electrons. The number of rotatable bonds is 2. The third-order valence-electron chi connectivity index (χ3n) is 1.43. The van der Waals surface area contributed by atoms with Crippen LogP contribution in [0.4, 0.5) is 5.13 Å². The van der Waals surface area contributed by atoms with Gasteiger partial charge >= 0.3 is 0 Å². The lowest BCUT2D eigenvalue weighted by atomic mass is 10.3. The van der Waals surface area contributed by atoms with Crippen molar-refractivity contribution in [2.24, 2.45) is 5.73 Å². The van der Waals surface area contributed by atoms with Crippen LogP contribution < -0.4 is 10.6 Å². The third kappa shape index (κ3) is 1.80. The minimum absolute atomic E-state index is 0.120. The van der Waals surface area contributed by atoms with Gasteiger partial charge in [-0.2, -0.15) is 0 Å². The van der Waals surface area contributed by atoms with E-state index in [1.165, 1.54) is 16.2 Å². The van der Waals surface area contributed by atoms with E-state index in [1.807, 2.05) is 5.38 Å². The summed E-state index contributed by atoms with van der Waals surface area (Å²) in [6.45, 7) is 1.66. The fraction of sp³-hybridized carbons (Fsp3) is 0.429. The number of nitrogens with zero attached hydrogens (tertiary/aromatic N) is 2. The molecule has 0 aliphatic rings. The molecule has 1 amide bonds. The Labute approximate surface area is 75.0 Å². The van der Waals surface area contributed by atoms with Gasteiger partial charge in [0.2, 0.25) is 5.91 Å². The Morgan fingerprint density at radius 3 is 2.92 bits per heavy atom. The van der Waals surface area contributed by atoms with Crippen molar-refractivity contribution in [3.8, 4) is 0 Å². The summed E-state index contributed by atoms with van der Waals surface area (Å²) in [4.78, 5) is 16.8. The van der Waals surface area contributed by atoms with Gasteiger partial charge in [0.1, 0.15) is 0 Å². The quantitative estimate of drug-likeness (QED) is 0.728. The number of thiazole rings is 1. The van der Waals surface area contributed by atoms with Gasteiger partial charge in [-0.15, -0.1) is 11.3 Å². The Hall–Kier alpha value is -0.940. The molecular weight excluding hydrogens is 174 g/mol. The molecule has 0 aromatic carbocycles. The number of carbonyl (C=O) groups is 1. The van der Waals surface area contributed by atoms with Crippen LogP contribution in [0.3, 0.4) is 0 Å². The second-order valence-corrected chi connectivity index (χ2v) is 3.37. The summed E-state index contributed by atoms with van der Waals surface area (Å²) >= 11 is 1.42. The molecule has 0 fully saturated rings. The van der Waals surface area contributed by atoms with Crippen LogP contribution in [0.1, 0.15) is 6.92 Å². The first-order valence-electron chi connectivity index (χ1n) is 3.55. The highest BCUT2D eigenvalue weighted by Crippen LogP contribution is 2.15. The van der Waals surface area contributed by atoms with Gasteiger partial charge in [-0.05, 0) is 6.92 Å². The molecule has 0 saturated carbocycles. The van der Waals surface area contributed by atoms with Crippen molar-refractivity contribution >= 4 is 22.4 Å². The predicted molar refractivity (Wildman–Crippen MR) is 49.2 cm³/mol. The van der Waals surface area contributed by atoms with Crippen LogP contribution in [0.2, 0.25) is 0 Å². The van der Waals surface area contributed by atoms with Crippen molar-refractivity contribution in [1.29, 1.82) is 0 Å². The summed E-state index contributed by atoms with van der Waals surface area (Å²) in [6, 6.07) is -0.473. The molecule has 0 saturated heterocycles. The molecule has 0 unspecified atom stereocenters. The summed E-state index contributed by atoms with van der Waals surface area (Å²) in [5.41, 5.74) is 5.43. The van der Waals surface area contributed by atoms with Gasteiger partial charge in [-0.25, -0.2) is 4.98 Å². The largest absolute Gasteiger partial charge is 0.320 e. The van der Waals surface area contributed by atoms with E-state index in [4.69, 9.17) is 5.73 Å². The van der Waals surface area contributed by atoms with Crippen molar-refractivity contribution in [1.82, 2.24) is 4.98 Å². The topological polar surface area (TPSA) is 59.2 Å². The Bertz CT molecular complexity index is 258. The van der Waals surface area contributed by atoms with Gasteiger partial charge in [0, 0.05) is 18.6 Å². The minimum Gasteiger partial charge on any atom is -0.320 e. The lowest BCUT2D eigenvalue weighted by molar-refractivity contribution is -0.119. The first-order chi connectivity index (χ1) is 5.63. The molecule has 1 aromatic heterocycles. The van der Waals surface area contributed by atoms with E-state index < -0.39 is 6.04 Å². The fourth-order valence-electron chi connectivity index (χ4n) is 0.781. The number of nitrogens with two attached hydrogens (primary N) is 1. The molecule has 66 valence electrons. The fourth-order valence-corrected chi connectivity index (χ4v) is 1.39. The van der Waals surface area contributed by atoms with Crippen molar-refractivity contribution in [2.45, 2.75) is 13.0 Å². The van der Waals surface area contributed by atoms with E-state index in [1.54, 1.807) is 20.2 Å². The summed E-state index contributed by atoms with van der Waals surface area (Å²) in [5, 5.41) is 2.50. The lowest BCUT2D eigenvalue weighted by Crippen LogP contribution is -2.39. The van der Waals surface area contributed by atoms with Crippen LogP contribution in [-0.2, 0) is 4.79 Å². The molecule has 0 spiro atoms. The molecule has 1 atom stereocenters. The number of hydrogen-bond acceptors (Lipinski definition) is 4. The highest BCUT2D eigenvalue weighted by atomic mass is 32.1. The molecule has 1 aromatic rings. The van der Waals surface area contributed by atoms with E-state index in [2.05, 4.69) is 4.98 Å². The molecule has 0 aliphatic carbocycles. The molecule has 0 bridgehead atoms. The number of amides is 1. The van der Waals surface area contributed by atoms with E-state index >= 15 is 0 Å². The van der Waals surface area contributed by atoms with Crippen LogP contribution in [0.15, 0.2) is 11.6 Å². The lowest BCUT2D eigenvalue weighted by Gasteiger charge is -2.15. The molecule has 0 aliphatic heterocycles. The SMILES string of the molecule is C[C@H](N)C(=O)N(C)c1nccs1. The normalized spacial score (nSPS) is 12.6. The molecular formula is C7H11N3OS. The third-order valence-corrected chi connectivity index (χ3v) is 2.27. The van der Waals surface area contributed by atoms with E-state index in [0.29, 0.717) is 5.13 Å². The molecule has 1 rings (SSSR count). The number of anilines is 1. The second kappa shape index (κ2) is 3.64. The maximum atomic E-state index is 11.3.